The fourth-order valence-corrected chi connectivity index (χ4v) is 3.36. The molecule has 0 aromatic rings. The zero-order chi connectivity index (χ0) is 20.2. The van der Waals surface area contributed by atoms with E-state index >= 15 is 0 Å². The minimum Gasteiger partial charge on any atom is -0.481 e. The average molecular weight is 385 g/mol. The highest BCUT2D eigenvalue weighted by molar-refractivity contribution is 5.69. The first-order valence-corrected chi connectivity index (χ1v) is 11.5. The lowest BCUT2D eigenvalue weighted by Gasteiger charge is -2.18. The number of aliphatic carboxylic acids is 1. The van der Waals surface area contributed by atoms with Crippen LogP contribution in [0.25, 0.3) is 0 Å². The number of carboxylic acid groups (broad SMARTS) is 1. The Hall–Kier alpha value is -1.06. The van der Waals surface area contributed by atoms with E-state index in [0.29, 0.717) is 12.8 Å². The second-order valence-corrected chi connectivity index (χ2v) is 7.83. The molecule has 0 heterocycles. The Bertz CT molecular complexity index is 354. The van der Waals surface area contributed by atoms with Gasteiger partial charge in [0.15, 0.2) is 0 Å². The molecule has 1 atom stereocenters. The van der Waals surface area contributed by atoms with Gasteiger partial charge in [0.1, 0.15) is 6.10 Å². The lowest BCUT2D eigenvalue weighted by Crippen LogP contribution is -2.18. The van der Waals surface area contributed by atoms with Crippen molar-refractivity contribution < 1.29 is 19.4 Å². The second kappa shape index (κ2) is 19.7. The number of hydrogen-bond donors (Lipinski definition) is 1. The smallest absolute Gasteiger partial charge is 0.306 e. The Morgan fingerprint density at radius 1 is 0.667 bits per heavy atom. The van der Waals surface area contributed by atoms with Crippen molar-refractivity contribution in [1.29, 1.82) is 0 Å². The maximum Gasteiger partial charge on any atom is 0.306 e. The predicted octanol–water partition coefficient (Wildman–Crippen LogP) is 7.04. The van der Waals surface area contributed by atoms with Crippen molar-refractivity contribution >= 4 is 11.9 Å². The van der Waals surface area contributed by atoms with Crippen molar-refractivity contribution in [2.45, 2.75) is 136 Å². The van der Waals surface area contributed by atoms with Crippen LogP contribution in [-0.2, 0) is 14.3 Å². The lowest BCUT2D eigenvalue weighted by atomic mass is 10.0. The molecule has 0 aliphatic rings. The number of rotatable bonds is 20. The van der Waals surface area contributed by atoms with Gasteiger partial charge in [-0.3, -0.25) is 9.59 Å². The minimum absolute atomic E-state index is 0.0166. The van der Waals surface area contributed by atoms with Crippen LogP contribution in [0.3, 0.4) is 0 Å². The van der Waals surface area contributed by atoms with Crippen molar-refractivity contribution in [3.05, 3.63) is 0 Å². The molecule has 0 aliphatic heterocycles. The summed E-state index contributed by atoms with van der Waals surface area (Å²) in [5.74, 6) is -0.778. The van der Waals surface area contributed by atoms with Gasteiger partial charge in [-0.05, 0) is 38.5 Å². The second-order valence-electron chi connectivity index (χ2n) is 7.83. The molecule has 1 N–H and O–H groups in total. The molecule has 4 nitrogen and oxygen atoms in total. The number of carbonyl (C=O) groups is 2. The van der Waals surface area contributed by atoms with E-state index in [0.717, 1.165) is 51.4 Å². The third kappa shape index (κ3) is 19.5. The maximum absolute atomic E-state index is 12.1. The summed E-state index contributed by atoms with van der Waals surface area (Å²) in [6, 6.07) is 0. The molecule has 0 aromatic heterocycles. The van der Waals surface area contributed by atoms with E-state index in [1.165, 1.54) is 44.9 Å². The molecule has 4 heteroatoms. The summed E-state index contributed by atoms with van der Waals surface area (Å²) in [7, 11) is 0. The standard InChI is InChI=1S/C23H44O4/c1-3-5-7-8-9-10-11-16-20-23(26)27-21(17-13-6-4-2)18-14-12-15-19-22(24)25/h21H,3-20H2,1-2H3,(H,24,25). The van der Waals surface area contributed by atoms with E-state index in [1.807, 2.05) is 0 Å². The van der Waals surface area contributed by atoms with Crippen LogP contribution in [0.15, 0.2) is 0 Å². The van der Waals surface area contributed by atoms with Gasteiger partial charge in [0.2, 0.25) is 0 Å². The number of carbonyl (C=O) groups excluding carboxylic acids is 1. The maximum atomic E-state index is 12.1. The molecule has 0 spiro atoms. The van der Waals surface area contributed by atoms with Gasteiger partial charge in [-0.2, -0.15) is 0 Å². The Balaban J connectivity index is 3.87. The zero-order valence-corrected chi connectivity index (χ0v) is 18.0. The Morgan fingerprint density at radius 2 is 1.11 bits per heavy atom. The number of carboxylic acids is 1. The molecule has 0 radical (unpaired) electrons. The first-order chi connectivity index (χ1) is 13.1. The minimum atomic E-state index is -0.730. The molecule has 0 bridgehead atoms. The van der Waals surface area contributed by atoms with Crippen LogP contribution >= 0.6 is 0 Å². The Kier molecular flexibility index (Phi) is 18.9. The van der Waals surface area contributed by atoms with Crippen molar-refractivity contribution in [2.75, 3.05) is 0 Å². The van der Waals surface area contributed by atoms with E-state index in [9.17, 15) is 9.59 Å². The van der Waals surface area contributed by atoms with Crippen molar-refractivity contribution in [1.82, 2.24) is 0 Å². The van der Waals surface area contributed by atoms with E-state index in [1.54, 1.807) is 0 Å². The number of unbranched alkanes of at least 4 members (excludes halogenated alkanes) is 11. The van der Waals surface area contributed by atoms with Gasteiger partial charge in [0.05, 0.1) is 0 Å². The summed E-state index contributed by atoms with van der Waals surface area (Å²) in [5, 5.41) is 8.69. The highest BCUT2D eigenvalue weighted by atomic mass is 16.5. The van der Waals surface area contributed by atoms with Gasteiger partial charge in [0, 0.05) is 12.8 Å². The molecule has 27 heavy (non-hydrogen) atoms. The molecule has 0 fully saturated rings. The van der Waals surface area contributed by atoms with E-state index < -0.39 is 5.97 Å². The number of esters is 1. The molecule has 0 aliphatic carbocycles. The first-order valence-electron chi connectivity index (χ1n) is 11.5. The zero-order valence-electron chi connectivity index (χ0n) is 18.0. The quantitative estimate of drug-likeness (QED) is 0.180. The monoisotopic (exact) mass is 384 g/mol. The number of ether oxygens (including phenoxy) is 1. The third-order valence-corrected chi connectivity index (χ3v) is 5.08. The van der Waals surface area contributed by atoms with Crippen molar-refractivity contribution in [2.24, 2.45) is 0 Å². The predicted molar refractivity (Wildman–Crippen MR) is 112 cm³/mol. The lowest BCUT2D eigenvalue weighted by molar-refractivity contribution is -0.150. The summed E-state index contributed by atoms with van der Waals surface area (Å²) in [6.45, 7) is 4.41. The van der Waals surface area contributed by atoms with E-state index in [4.69, 9.17) is 9.84 Å². The van der Waals surface area contributed by atoms with Crippen LogP contribution < -0.4 is 0 Å². The van der Waals surface area contributed by atoms with E-state index in [-0.39, 0.29) is 18.5 Å². The summed E-state index contributed by atoms with van der Waals surface area (Å²) in [4.78, 5) is 22.7. The van der Waals surface area contributed by atoms with Crippen LogP contribution in [0, 0.1) is 0 Å². The van der Waals surface area contributed by atoms with Gasteiger partial charge >= 0.3 is 11.9 Å². The van der Waals surface area contributed by atoms with Gasteiger partial charge < -0.3 is 9.84 Å². The van der Waals surface area contributed by atoms with Crippen LogP contribution in [0.2, 0.25) is 0 Å². The largest absolute Gasteiger partial charge is 0.481 e. The van der Waals surface area contributed by atoms with Crippen LogP contribution in [0.4, 0.5) is 0 Å². The van der Waals surface area contributed by atoms with Crippen LogP contribution in [0.1, 0.15) is 129 Å². The number of hydrogen-bond acceptors (Lipinski definition) is 3. The summed E-state index contributed by atoms with van der Waals surface area (Å²) in [6.07, 6.45) is 18.4. The Morgan fingerprint density at radius 3 is 1.70 bits per heavy atom. The average Bonchev–Trinajstić information content (AvgIpc) is 2.63. The van der Waals surface area contributed by atoms with Crippen LogP contribution in [0.5, 0.6) is 0 Å². The molecule has 1 unspecified atom stereocenters. The van der Waals surface area contributed by atoms with Gasteiger partial charge in [-0.1, -0.05) is 78.1 Å². The van der Waals surface area contributed by atoms with Gasteiger partial charge in [-0.15, -0.1) is 0 Å². The van der Waals surface area contributed by atoms with Gasteiger partial charge in [-0.25, -0.2) is 0 Å². The van der Waals surface area contributed by atoms with Crippen LogP contribution in [-0.4, -0.2) is 23.1 Å². The Labute approximate surface area is 167 Å². The molecule has 0 saturated carbocycles. The summed E-state index contributed by atoms with van der Waals surface area (Å²) < 4.78 is 5.73. The molecule has 0 aromatic carbocycles. The highest BCUT2D eigenvalue weighted by Crippen LogP contribution is 2.17. The summed E-state index contributed by atoms with van der Waals surface area (Å²) >= 11 is 0. The SMILES string of the molecule is CCCCCCCCCCC(=O)OC(CCCCC)CCCCCC(=O)O. The summed E-state index contributed by atoms with van der Waals surface area (Å²) in [5.41, 5.74) is 0. The van der Waals surface area contributed by atoms with Gasteiger partial charge in [0.25, 0.3) is 0 Å². The molecule has 0 rings (SSSR count). The molecule has 160 valence electrons. The van der Waals surface area contributed by atoms with E-state index in [2.05, 4.69) is 13.8 Å². The molecule has 0 saturated heterocycles. The first kappa shape index (κ1) is 25.9. The molecule has 0 amide bonds. The van der Waals surface area contributed by atoms with Crippen molar-refractivity contribution in [3.63, 3.8) is 0 Å². The topological polar surface area (TPSA) is 63.6 Å². The molecular weight excluding hydrogens is 340 g/mol. The highest BCUT2D eigenvalue weighted by Gasteiger charge is 2.14. The fourth-order valence-electron chi connectivity index (χ4n) is 3.36. The molecular formula is C23H44O4. The van der Waals surface area contributed by atoms with Crippen molar-refractivity contribution in [3.8, 4) is 0 Å². The fraction of sp³-hybridized carbons (Fsp3) is 0.913. The third-order valence-electron chi connectivity index (χ3n) is 5.08. The normalized spacial score (nSPS) is 12.1.